The molecule has 2 aliphatic rings. The highest BCUT2D eigenvalue weighted by molar-refractivity contribution is 5.37. The molecule has 1 aromatic heterocycles. The van der Waals surface area contributed by atoms with Crippen LogP contribution in [-0.4, -0.2) is 22.8 Å². The molecule has 0 spiro atoms. The van der Waals surface area contributed by atoms with Crippen LogP contribution < -0.4 is 10.1 Å². The van der Waals surface area contributed by atoms with Gasteiger partial charge in [-0.15, -0.1) is 5.10 Å². The molecule has 1 aliphatic carbocycles. The van der Waals surface area contributed by atoms with Crippen LogP contribution in [0.2, 0.25) is 0 Å². The smallest absolute Gasteiger partial charge is 0.148 e. The van der Waals surface area contributed by atoms with Crippen LogP contribution >= 0.6 is 0 Å². The number of benzene rings is 1. The van der Waals surface area contributed by atoms with Crippen molar-refractivity contribution in [3.8, 4) is 5.75 Å². The van der Waals surface area contributed by atoms with E-state index in [4.69, 9.17) is 4.74 Å². The quantitative estimate of drug-likeness (QED) is 0.936. The summed E-state index contributed by atoms with van der Waals surface area (Å²) < 4.78 is 5.83. The molecular weight excluding hydrogens is 262 g/mol. The maximum Gasteiger partial charge on any atom is 0.148 e. The Balaban J connectivity index is 1.39. The van der Waals surface area contributed by atoms with Crippen LogP contribution in [0, 0.1) is 5.92 Å². The van der Waals surface area contributed by atoms with Crippen molar-refractivity contribution in [2.45, 2.75) is 31.7 Å². The van der Waals surface area contributed by atoms with Gasteiger partial charge >= 0.3 is 0 Å². The third kappa shape index (κ3) is 2.99. The van der Waals surface area contributed by atoms with E-state index in [9.17, 15) is 0 Å². The van der Waals surface area contributed by atoms with Gasteiger partial charge in [0.2, 0.25) is 0 Å². The second-order valence-corrected chi connectivity index (χ2v) is 6.02. The third-order valence-electron chi connectivity index (χ3n) is 4.10. The van der Waals surface area contributed by atoms with E-state index >= 15 is 0 Å². The molecule has 0 bridgehead atoms. The molecule has 0 unspecified atom stereocenters. The summed E-state index contributed by atoms with van der Waals surface area (Å²) in [6, 6.07) is 13.0. The summed E-state index contributed by atoms with van der Waals surface area (Å²) in [6.45, 7) is 0.765. The molecule has 2 heterocycles. The van der Waals surface area contributed by atoms with Crippen molar-refractivity contribution >= 4 is 5.82 Å². The molecule has 1 fully saturated rings. The monoisotopic (exact) mass is 281 g/mol. The van der Waals surface area contributed by atoms with Gasteiger partial charge in [0.1, 0.15) is 11.6 Å². The summed E-state index contributed by atoms with van der Waals surface area (Å²) in [4.78, 5) is 0. The number of aromatic nitrogens is 2. The fourth-order valence-electron chi connectivity index (χ4n) is 2.80. The van der Waals surface area contributed by atoms with Gasteiger partial charge in [0, 0.05) is 12.0 Å². The second-order valence-electron chi connectivity index (χ2n) is 6.02. The zero-order chi connectivity index (χ0) is 14.1. The van der Waals surface area contributed by atoms with Gasteiger partial charge in [0.05, 0.1) is 12.3 Å². The fourth-order valence-corrected chi connectivity index (χ4v) is 2.80. The Labute approximate surface area is 124 Å². The fraction of sp³-hybridized carbons (Fsp3) is 0.412. The highest BCUT2D eigenvalue weighted by Gasteiger charge is 2.22. The highest BCUT2D eigenvalue weighted by Crippen LogP contribution is 2.28. The predicted octanol–water partition coefficient (Wildman–Crippen LogP) is 2.84. The van der Waals surface area contributed by atoms with Crippen LogP contribution in [0.25, 0.3) is 0 Å². The van der Waals surface area contributed by atoms with Crippen LogP contribution in [0.4, 0.5) is 5.82 Å². The van der Waals surface area contributed by atoms with Gasteiger partial charge in [-0.1, -0.05) is 18.2 Å². The maximum atomic E-state index is 5.83. The van der Waals surface area contributed by atoms with Gasteiger partial charge in [0.25, 0.3) is 0 Å². The van der Waals surface area contributed by atoms with E-state index < -0.39 is 0 Å². The van der Waals surface area contributed by atoms with E-state index in [1.165, 1.54) is 18.4 Å². The van der Waals surface area contributed by atoms with Crippen molar-refractivity contribution in [1.82, 2.24) is 10.2 Å². The minimum atomic E-state index is 0.483. The molecule has 4 nitrogen and oxygen atoms in total. The lowest BCUT2D eigenvalue weighted by atomic mass is 9.93. The van der Waals surface area contributed by atoms with E-state index in [1.54, 1.807) is 0 Å². The summed E-state index contributed by atoms with van der Waals surface area (Å²) in [7, 11) is 0. The summed E-state index contributed by atoms with van der Waals surface area (Å²) in [5.41, 5.74) is 2.35. The van der Waals surface area contributed by atoms with Crippen LogP contribution in [0.5, 0.6) is 5.75 Å². The molecule has 0 amide bonds. The van der Waals surface area contributed by atoms with Gasteiger partial charge < -0.3 is 10.1 Å². The van der Waals surface area contributed by atoms with Crippen LogP contribution in [0.15, 0.2) is 36.4 Å². The topological polar surface area (TPSA) is 47.0 Å². The van der Waals surface area contributed by atoms with Gasteiger partial charge in [-0.25, -0.2) is 0 Å². The van der Waals surface area contributed by atoms with Gasteiger partial charge in [0.15, 0.2) is 0 Å². The predicted molar refractivity (Wildman–Crippen MR) is 81.5 cm³/mol. The Morgan fingerprint density at radius 3 is 2.81 bits per heavy atom. The third-order valence-corrected chi connectivity index (χ3v) is 4.10. The number of hydrogen-bond acceptors (Lipinski definition) is 4. The van der Waals surface area contributed by atoms with Crippen molar-refractivity contribution in [2.75, 3.05) is 11.9 Å². The largest absolute Gasteiger partial charge is 0.493 e. The lowest BCUT2D eigenvalue weighted by molar-refractivity contribution is 0.220. The first-order chi connectivity index (χ1) is 10.4. The van der Waals surface area contributed by atoms with E-state index in [2.05, 4.69) is 33.7 Å². The average Bonchev–Trinajstić information content (AvgIpc) is 3.33. The highest BCUT2D eigenvalue weighted by atomic mass is 16.5. The Bertz CT molecular complexity index is 622. The van der Waals surface area contributed by atoms with Gasteiger partial charge in [-0.05, 0) is 49.4 Å². The SMILES string of the molecule is c1ccc2c(c1)C[C@@H](Cc1ccc(NC3CC3)nn1)CO2. The molecule has 4 rings (SSSR count). The molecule has 0 radical (unpaired) electrons. The molecule has 1 atom stereocenters. The molecule has 1 saturated carbocycles. The molecule has 108 valence electrons. The summed E-state index contributed by atoms with van der Waals surface area (Å²) in [5.74, 6) is 2.41. The maximum absolute atomic E-state index is 5.83. The van der Waals surface area contributed by atoms with Crippen LogP contribution in [-0.2, 0) is 12.8 Å². The Morgan fingerprint density at radius 1 is 1.10 bits per heavy atom. The molecule has 1 aliphatic heterocycles. The molecule has 2 aromatic rings. The number of nitrogens with one attached hydrogen (secondary N) is 1. The summed E-state index contributed by atoms with van der Waals surface area (Å²) >= 11 is 0. The Morgan fingerprint density at radius 2 is 2.00 bits per heavy atom. The number of rotatable bonds is 4. The summed E-state index contributed by atoms with van der Waals surface area (Å²) in [5, 5.41) is 12.0. The zero-order valence-electron chi connectivity index (χ0n) is 12.0. The van der Waals surface area contributed by atoms with Crippen molar-refractivity contribution in [3.63, 3.8) is 0 Å². The second kappa shape index (κ2) is 5.35. The van der Waals surface area contributed by atoms with Crippen molar-refractivity contribution in [1.29, 1.82) is 0 Å². The standard InChI is InChI=1S/C17H19N3O/c1-2-4-16-13(3-1)9-12(11-21-16)10-15-7-8-17(20-19-15)18-14-5-6-14/h1-4,7-8,12,14H,5-6,9-11H2,(H,18,20)/t12-/m0/s1. The molecule has 1 aromatic carbocycles. The van der Waals surface area contributed by atoms with Gasteiger partial charge in [-0.2, -0.15) is 5.10 Å². The van der Waals surface area contributed by atoms with Crippen LogP contribution in [0.1, 0.15) is 24.1 Å². The summed E-state index contributed by atoms with van der Waals surface area (Å²) in [6.07, 6.45) is 4.48. The number of ether oxygens (including phenoxy) is 1. The molecule has 1 N–H and O–H groups in total. The first-order valence-corrected chi connectivity index (χ1v) is 7.67. The van der Waals surface area contributed by atoms with E-state index in [0.717, 1.165) is 36.7 Å². The van der Waals surface area contributed by atoms with Crippen molar-refractivity contribution in [2.24, 2.45) is 5.92 Å². The number of para-hydroxylation sites is 1. The molecular formula is C17H19N3O. The zero-order valence-corrected chi connectivity index (χ0v) is 12.0. The molecule has 21 heavy (non-hydrogen) atoms. The van der Waals surface area contributed by atoms with E-state index in [-0.39, 0.29) is 0 Å². The number of anilines is 1. The number of nitrogens with zero attached hydrogens (tertiary/aromatic N) is 2. The van der Waals surface area contributed by atoms with Crippen LogP contribution in [0.3, 0.4) is 0 Å². The molecule has 0 saturated heterocycles. The Hall–Kier alpha value is -2.10. The lowest BCUT2D eigenvalue weighted by Gasteiger charge is -2.24. The first-order valence-electron chi connectivity index (χ1n) is 7.67. The van der Waals surface area contributed by atoms with Crippen molar-refractivity contribution < 1.29 is 4.74 Å². The minimum Gasteiger partial charge on any atom is -0.493 e. The normalized spacial score (nSPS) is 20.5. The van der Waals surface area contributed by atoms with Crippen molar-refractivity contribution in [3.05, 3.63) is 47.7 Å². The minimum absolute atomic E-state index is 0.483. The Kier molecular flexibility index (Phi) is 3.22. The van der Waals surface area contributed by atoms with Gasteiger partial charge in [-0.3, -0.25) is 0 Å². The number of hydrogen-bond donors (Lipinski definition) is 1. The van der Waals surface area contributed by atoms with E-state index in [1.807, 2.05) is 18.2 Å². The number of fused-ring (bicyclic) bond motifs is 1. The first kappa shape index (κ1) is 12.6. The molecule has 4 heteroatoms. The average molecular weight is 281 g/mol. The lowest BCUT2D eigenvalue weighted by Crippen LogP contribution is -2.23. The van der Waals surface area contributed by atoms with E-state index in [0.29, 0.717) is 12.0 Å².